The number of guanidine groups is 1. The fourth-order valence-electron chi connectivity index (χ4n) is 6.03. The second-order valence-corrected chi connectivity index (χ2v) is 14.5. The number of anilines is 1. The molecule has 21 nitrogen and oxygen atoms in total. The van der Waals surface area contributed by atoms with Gasteiger partial charge in [-0.05, 0) is 54.5 Å². The number of nitrogens with one attached hydrogen (secondary N) is 6. The average Bonchev–Trinajstić information content (AvgIpc) is 3.24. The average molecular weight is 868 g/mol. The molecule has 0 aliphatic carbocycles. The van der Waals surface area contributed by atoms with Gasteiger partial charge in [0.15, 0.2) is 17.7 Å². The Hall–Kier alpha value is -6.94. The predicted octanol–water partition coefficient (Wildman–Crippen LogP) is -2.35. The number of amides is 7. The zero-order valence-corrected chi connectivity index (χ0v) is 34.5. The molecular weight excluding hydrogens is 814 g/mol. The van der Waals surface area contributed by atoms with Crippen molar-refractivity contribution in [3.05, 3.63) is 71.7 Å². The van der Waals surface area contributed by atoms with Crippen LogP contribution in [0.5, 0.6) is 5.75 Å². The zero-order valence-electron chi connectivity index (χ0n) is 34.5. The Morgan fingerprint density at radius 2 is 1.61 bits per heavy atom. The Morgan fingerprint density at radius 1 is 0.935 bits per heavy atom. The van der Waals surface area contributed by atoms with Gasteiger partial charge in [-0.3, -0.25) is 43.3 Å². The molecule has 1 unspecified atom stereocenters. The van der Waals surface area contributed by atoms with Crippen molar-refractivity contribution in [2.75, 3.05) is 32.1 Å². The number of aliphatic imine (C=N–C) groups is 1. The first-order valence-corrected chi connectivity index (χ1v) is 19.6. The number of aromatic hydroxyl groups is 1. The third kappa shape index (κ3) is 14.7. The van der Waals surface area contributed by atoms with Crippen LogP contribution in [0.15, 0.2) is 65.6 Å². The maximum absolute atomic E-state index is 13.9. The number of para-hydroxylation sites is 1. The van der Waals surface area contributed by atoms with E-state index in [2.05, 4.69) is 31.6 Å². The van der Waals surface area contributed by atoms with Crippen LogP contribution in [0.3, 0.4) is 0 Å². The van der Waals surface area contributed by atoms with Crippen LogP contribution in [0.4, 0.5) is 10.1 Å². The van der Waals surface area contributed by atoms with Gasteiger partial charge in [-0.15, -0.1) is 0 Å². The number of halogens is 1. The van der Waals surface area contributed by atoms with Crippen LogP contribution in [-0.4, -0.2) is 119 Å². The molecule has 6 atom stereocenters. The number of allylic oxidation sites excluding steroid dienone is 1. The van der Waals surface area contributed by atoms with Crippen LogP contribution in [0.1, 0.15) is 44.2 Å². The Kier molecular flexibility index (Phi) is 18.9. The zero-order chi connectivity index (χ0) is 46.1. The Morgan fingerprint density at radius 3 is 2.26 bits per heavy atom. The smallest absolute Gasteiger partial charge is 0.246 e. The van der Waals surface area contributed by atoms with E-state index in [-0.39, 0.29) is 55.7 Å². The van der Waals surface area contributed by atoms with Crippen LogP contribution in [0.25, 0.3) is 0 Å². The number of nitrogens with zero attached hydrogens (tertiary/aromatic N) is 2. The summed E-state index contributed by atoms with van der Waals surface area (Å²) in [5.74, 6) is -11.1. The second-order valence-electron chi connectivity index (χ2n) is 14.5. The minimum Gasteiger partial charge on any atom is -0.508 e. The van der Waals surface area contributed by atoms with Crippen molar-refractivity contribution >= 4 is 58.8 Å². The number of benzene rings is 2. The highest BCUT2D eigenvalue weighted by Crippen LogP contribution is 2.21. The van der Waals surface area contributed by atoms with Crippen LogP contribution in [0, 0.1) is 11.8 Å². The van der Waals surface area contributed by atoms with Gasteiger partial charge in [-0.2, -0.15) is 0 Å². The Bertz CT molecular complexity index is 2030. The molecule has 0 saturated heterocycles. The first-order valence-electron chi connectivity index (χ1n) is 19.6. The maximum Gasteiger partial charge on any atom is 0.246 e. The lowest BCUT2D eigenvalue weighted by Crippen LogP contribution is -2.57. The summed E-state index contributed by atoms with van der Waals surface area (Å²) in [6, 6.07) is 7.27. The van der Waals surface area contributed by atoms with Gasteiger partial charge in [-0.25, -0.2) is 4.39 Å². The number of hydrogen-bond acceptors (Lipinski definition) is 12. The molecule has 0 spiro atoms. The van der Waals surface area contributed by atoms with Crippen molar-refractivity contribution < 1.29 is 53.0 Å². The second kappa shape index (κ2) is 23.7. The van der Waals surface area contributed by atoms with E-state index in [1.54, 1.807) is 44.2 Å². The Balaban J connectivity index is 1.66. The van der Waals surface area contributed by atoms with Crippen LogP contribution >= 0.6 is 0 Å². The molecule has 0 saturated carbocycles. The van der Waals surface area contributed by atoms with Gasteiger partial charge < -0.3 is 64.2 Å². The summed E-state index contributed by atoms with van der Waals surface area (Å²) in [6.07, 6.45) is 1.29. The SMILES string of the molecule is CC[C@H](C)[C@H](NC(=O)[C@@H](N)Cc1ccc(O)cc1)C(=O)NCC(=O)N[C@@H](CO)C(=O)N[C@@H](CCCN=C(N)N)C(=O)Nc1ccccc1CN(C)C(=O)C1C(=O)NC=C(F)C1=O. The third-order valence-corrected chi connectivity index (χ3v) is 9.76. The molecular formula is C40H54FN11O10. The van der Waals surface area contributed by atoms with E-state index >= 15 is 0 Å². The molecule has 7 amide bonds. The number of hydrogen-bond donors (Lipinski definition) is 11. The largest absolute Gasteiger partial charge is 0.508 e. The molecule has 1 aliphatic rings. The molecule has 0 aromatic heterocycles. The van der Waals surface area contributed by atoms with Gasteiger partial charge >= 0.3 is 0 Å². The fraction of sp³-hybridized carbons (Fsp3) is 0.425. The quantitative estimate of drug-likeness (QED) is 0.0256. The summed E-state index contributed by atoms with van der Waals surface area (Å²) < 4.78 is 13.9. The summed E-state index contributed by atoms with van der Waals surface area (Å²) in [5, 5.41) is 34.1. The van der Waals surface area contributed by atoms with Gasteiger partial charge in [0.25, 0.3) is 0 Å². The van der Waals surface area contributed by atoms with E-state index in [0.717, 1.165) is 4.90 Å². The number of aliphatic hydroxyl groups excluding tert-OH is 1. The topological polar surface area (TPSA) is 343 Å². The summed E-state index contributed by atoms with van der Waals surface area (Å²) in [5.41, 5.74) is 18.1. The van der Waals surface area contributed by atoms with Gasteiger partial charge in [0, 0.05) is 32.0 Å². The van der Waals surface area contributed by atoms with E-state index in [1.165, 1.54) is 25.2 Å². The number of carbonyl (C=O) groups is 8. The van der Waals surface area contributed by atoms with E-state index in [0.29, 0.717) is 23.7 Å². The number of phenols is 1. The maximum atomic E-state index is 13.9. The van der Waals surface area contributed by atoms with E-state index in [4.69, 9.17) is 17.2 Å². The molecule has 0 bridgehead atoms. The summed E-state index contributed by atoms with van der Waals surface area (Å²) in [7, 11) is 1.28. The highest BCUT2D eigenvalue weighted by atomic mass is 19.1. The van der Waals surface area contributed by atoms with Crippen LogP contribution < -0.4 is 49.1 Å². The lowest BCUT2D eigenvalue weighted by molar-refractivity contribution is -0.146. The first-order chi connectivity index (χ1) is 29.4. The molecule has 3 rings (SSSR count). The van der Waals surface area contributed by atoms with Gasteiger partial charge in [-0.1, -0.05) is 50.6 Å². The number of Topliss-reactive ketones (excluding diaryl/α,β-unsaturated/α-hetero) is 1. The lowest BCUT2D eigenvalue weighted by Gasteiger charge is -2.26. The molecule has 2 aromatic rings. The summed E-state index contributed by atoms with van der Waals surface area (Å²) >= 11 is 0. The van der Waals surface area contributed by atoms with E-state index in [1.807, 2.05) is 5.32 Å². The van der Waals surface area contributed by atoms with E-state index < -0.39 is 96.2 Å². The van der Waals surface area contributed by atoms with Crippen molar-refractivity contribution in [1.29, 1.82) is 0 Å². The standard InChI is InChI=1S/C40H54FN11O10/c1-4-21(2)32(51-34(57)26(42)16-22-11-13-24(54)14-12-22)38(61)47-18-30(55)48-29(20-53)36(59)50-28(10-7-15-45-40(43)44)35(58)49-27-9-6-5-8-23(27)19-52(3)39(62)31-33(56)25(41)17-46-37(31)60/h5-6,8-9,11-14,17,21,26,28-29,31-32,53-54H,4,7,10,15-16,18-20,42H2,1-3H3,(H,46,60)(H,47,61)(H,48,55)(H,49,58)(H,50,59)(H,51,57)(H4,43,44,45)/t21-,26-,28-,29-,31?,32-/m0/s1. The van der Waals surface area contributed by atoms with Gasteiger partial charge in [0.1, 0.15) is 23.9 Å². The number of rotatable bonds is 22. The molecule has 336 valence electrons. The van der Waals surface area contributed by atoms with Gasteiger partial charge in [0.2, 0.25) is 47.1 Å². The molecule has 0 fully saturated rings. The Labute approximate surface area is 356 Å². The highest BCUT2D eigenvalue weighted by molar-refractivity contribution is 6.24. The van der Waals surface area contributed by atoms with Crippen molar-refractivity contribution in [3.8, 4) is 5.75 Å². The van der Waals surface area contributed by atoms with Crippen molar-refractivity contribution in [3.63, 3.8) is 0 Å². The molecule has 22 heteroatoms. The molecule has 62 heavy (non-hydrogen) atoms. The highest BCUT2D eigenvalue weighted by Gasteiger charge is 2.40. The monoisotopic (exact) mass is 867 g/mol. The molecule has 1 heterocycles. The predicted molar refractivity (Wildman–Crippen MR) is 222 cm³/mol. The van der Waals surface area contributed by atoms with E-state index in [9.17, 15) is 53.0 Å². The van der Waals surface area contributed by atoms with Crippen LogP contribution in [-0.2, 0) is 51.3 Å². The summed E-state index contributed by atoms with van der Waals surface area (Å²) in [4.78, 5) is 109. The first kappa shape index (κ1) is 49.4. The number of ketones is 1. The number of aliphatic hydroxyl groups is 1. The van der Waals surface area contributed by atoms with Crippen molar-refractivity contribution in [2.45, 2.75) is 70.2 Å². The minimum absolute atomic E-state index is 0.0453. The number of nitrogens with two attached hydrogens (primary N) is 3. The number of phenolic OH excluding ortho intramolecular Hbond substituents is 1. The molecule has 0 radical (unpaired) electrons. The van der Waals surface area contributed by atoms with Crippen molar-refractivity contribution in [1.82, 2.24) is 31.5 Å². The number of carbonyl (C=O) groups excluding carboxylic acids is 8. The summed E-state index contributed by atoms with van der Waals surface area (Å²) in [6.45, 7) is 1.76. The normalized spacial score (nSPS) is 15.8. The third-order valence-electron chi connectivity index (χ3n) is 9.76. The van der Waals surface area contributed by atoms with Crippen LogP contribution in [0.2, 0.25) is 0 Å². The van der Waals surface area contributed by atoms with Gasteiger partial charge in [0.05, 0.1) is 19.2 Å². The molecule has 14 N–H and O–H groups in total. The minimum atomic E-state index is -1.95. The molecule has 2 aromatic carbocycles. The fourth-order valence-corrected chi connectivity index (χ4v) is 6.03. The molecule has 1 aliphatic heterocycles. The lowest BCUT2D eigenvalue weighted by atomic mass is 9.97. The van der Waals surface area contributed by atoms with Crippen molar-refractivity contribution in [2.24, 2.45) is 34.0 Å².